The number of carbonyl (C=O) groups excluding carboxylic acids is 2. The van der Waals surface area contributed by atoms with Gasteiger partial charge in [-0.05, 0) is 37.3 Å². The number of anilines is 1. The van der Waals surface area contributed by atoms with E-state index < -0.39 is 23.4 Å². The first-order chi connectivity index (χ1) is 9.88. The molecule has 0 unspecified atom stereocenters. The maximum Gasteiger partial charge on any atom is 0.255 e. The Bertz CT molecular complexity index is 730. The van der Waals surface area contributed by atoms with Crippen LogP contribution in [0.2, 0.25) is 0 Å². The number of benzene rings is 2. The van der Waals surface area contributed by atoms with E-state index in [2.05, 4.69) is 5.32 Å². The van der Waals surface area contributed by atoms with Gasteiger partial charge in [-0.1, -0.05) is 6.07 Å². The Morgan fingerprint density at radius 2 is 1.81 bits per heavy atom. The van der Waals surface area contributed by atoms with Gasteiger partial charge in [0, 0.05) is 22.4 Å². The van der Waals surface area contributed by atoms with Crippen LogP contribution in [0.15, 0.2) is 36.4 Å². The van der Waals surface area contributed by atoms with E-state index >= 15 is 0 Å². The van der Waals surface area contributed by atoms with Gasteiger partial charge in [-0.25, -0.2) is 8.78 Å². The lowest BCUT2D eigenvalue weighted by molar-refractivity contribution is 0.0995. The summed E-state index contributed by atoms with van der Waals surface area (Å²) >= 11 is 0. The van der Waals surface area contributed by atoms with E-state index in [1.165, 1.54) is 31.2 Å². The summed E-state index contributed by atoms with van der Waals surface area (Å²) in [6, 6.07) is 7.33. The smallest absolute Gasteiger partial charge is 0.255 e. The van der Waals surface area contributed by atoms with Crippen LogP contribution in [0.25, 0.3) is 0 Å². The zero-order valence-corrected chi connectivity index (χ0v) is 11.1. The van der Waals surface area contributed by atoms with Crippen LogP contribution in [0.4, 0.5) is 14.5 Å². The molecule has 0 saturated carbocycles. The van der Waals surface area contributed by atoms with Crippen LogP contribution in [-0.4, -0.2) is 11.8 Å². The van der Waals surface area contributed by atoms with Crippen molar-refractivity contribution in [2.45, 2.75) is 6.92 Å². The second-order valence-electron chi connectivity index (χ2n) is 4.46. The average Bonchev–Trinajstić information content (AvgIpc) is 2.43. The summed E-state index contributed by atoms with van der Waals surface area (Å²) in [5, 5.41) is 2.44. The van der Waals surface area contributed by atoms with Crippen LogP contribution in [0.3, 0.4) is 0 Å². The molecule has 0 spiro atoms. The first-order valence-electron chi connectivity index (χ1n) is 6.05. The van der Waals surface area contributed by atoms with Crippen molar-refractivity contribution in [3.63, 3.8) is 0 Å². The third kappa shape index (κ3) is 3.22. The van der Waals surface area contributed by atoms with Crippen LogP contribution >= 0.6 is 0 Å². The monoisotopic (exact) mass is 290 g/mol. The number of amides is 2. The normalized spacial score (nSPS) is 10.2. The van der Waals surface area contributed by atoms with Crippen LogP contribution in [-0.2, 0) is 0 Å². The summed E-state index contributed by atoms with van der Waals surface area (Å²) in [5.41, 5.74) is 5.38. The minimum atomic E-state index is -0.810. The number of hydrogen-bond acceptors (Lipinski definition) is 2. The van der Waals surface area contributed by atoms with Crippen molar-refractivity contribution >= 4 is 17.5 Å². The van der Waals surface area contributed by atoms with Crippen LogP contribution in [0, 0.1) is 18.6 Å². The minimum Gasteiger partial charge on any atom is -0.366 e. The van der Waals surface area contributed by atoms with Crippen LogP contribution < -0.4 is 11.1 Å². The molecule has 0 saturated heterocycles. The topological polar surface area (TPSA) is 72.2 Å². The van der Waals surface area contributed by atoms with E-state index in [-0.39, 0.29) is 22.4 Å². The fourth-order valence-electron chi connectivity index (χ4n) is 1.78. The molecule has 0 aliphatic rings. The average molecular weight is 290 g/mol. The summed E-state index contributed by atoms with van der Waals surface area (Å²) in [6.07, 6.45) is 0. The number of nitrogens with two attached hydrogens (primary N) is 1. The number of hydrogen-bond donors (Lipinski definition) is 2. The second kappa shape index (κ2) is 5.70. The summed E-state index contributed by atoms with van der Waals surface area (Å²) in [6.45, 7) is 1.45. The lowest BCUT2D eigenvalue weighted by atomic mass is 10.1. The van der Waals surface area contributed by atoms with E-state index in [1.54, 1.807) is 0 Å². The summed E-state index contributed by atoms with van der Waals surface area (Å²) < 4.78 is 26.8. The Labute approximate surface area is 119 Å². The molecule has 6 heteroatoms. The van der Waals surface area contributed by atoms with E-state index in [4.69, 9.17) is 5.73 Å². The van der Waals surface area contributed by atoms with Gasteiger partial charge in [0.2, 0.25) is 5.91 Å². The molecule has 0 aliphatic carbocycles. The SMILES string of the molecule is Cc1c(F)cc(C(N)=O)cc1NC(=O)c1cccc(F)c1. The molecule has 4 nitrogen and oxygen atoms in total. The fraction of sp³-hybridized carbons (Fsp3) is 0.0667. The maximum atomic E-state index is 13.7. The van der Waals surface area contributed by atoms with E-state index in [1.807, 2.05) is 0 Å². The van der Waals surface area contributed by atoms with E-state index in [9.17, 15) is 18.4 Å². The van der Waals surface area contributed by atoms with Crippen molar-refractivity contribution in [3.8, 4) is 0 Å². The third-order valence-corrected chi connectivity index (χ3v) is 2.96. The zero-order chi connectivity index (χ0) is 15.6. The number of carbonyl (C=O) groups is 2. The Balaban J connectivity index is 2.35. The molecule has 3 N–H and O–H groups in total. The number of rotatable bonds is 3. The Morgan fingerprint density at radius 3 is 2.43 bits per heavy atom. The van der Waals surface area contributed by atoms with E-state index in [0.29, 0.717) is 0 Å². The highest BCUT2D eigenvalue weighted by molar-refractivity contribution is 6.05. The number of nitrogens with one attached hydrogen (secondary N) is 1. The number of halogens is 2. The molecular weight excluding hydrogens is 278 g/mol. The Hall–Kier alpha value is -2.76. The molecule has 2 rings (SSSR count). The standard InChI is InChI=1S/C15H12F2N2O2/c1-8-12(17)6-10(14(18)20)7-13(8)19-15(21)9-3-2-4-11(16)5-9/h2-7H,1H3,(H2,18,20)(H,19,21). The van der Waals surface area contributed by atoms with Gasteiger partial charge in [0.25, 0.3) is 5.91 Å². The molecular formula is C15H12F2N2O2. The maximum absolute atomic E-state index is 13.7. The van der Waals surface area contributed by atoms with Crippen molar-refractivity contribution < 1.29 is 18.4 Å². The zero-order valence-electron chi connectivity index (χ0n) is 11.1. The molecule has 0 heterocycles. The molecule has 108 valence electrons. The summed E-state index contributed by atoms with van der Waals surface area (Å²) in [7, 11) is 0. The quantitative estimate of drug-likeness (QED) is 0.912. The fourth-order valence-corrected chi connectivity index (χ4v) is 1.78. The molecule has 0 aliphatic heterocycles. The van der Waals surface area contributed by atoms with Gasteiger partial charge in [-0.2, -0.15) is 0 Å². The molecule has 0 aromatic heterocycles. The van der Waals surface area contributed by atoms with Gasteiger partial charge in [0.15, 0.2) is 0 Å². The van der Waals surface area contributed by atoms with Crippen molar-refractivity contribution in [1.82, 2.24) is 0 Å². The van der Waals surface area contributed by atoms with Gasteiger partial charge in [-0.3, -0.25) is 9.59 Å². The van der Waals surface area contributed by atoms with Crippen molar-refractivity contribution in [2.24, 2.45) is 5.73 Å². The Morgan fingerprint density at radius 1 is 1.10 bits per heavy atom. The van der Waals surface area contributed by atoms with Gasteiger partial charge in [0.1, 0.15) is 11.6 Å². The first kappa shape index (κ1) is 14.6. The van der Waals surface area contributed by atoms with Crippen LogP contribution in [0.5, 0.6) is 0 Å². The molecule has 2 aromatic rings. The molecule has 0 atom stereocenters. The van der Waals surface area contributed by atoms with Crippen molar-refractivity contribution in [1.29, 1.82) is 0 Å². The highest BCUT2D eigenvalue weighted by atomic mass is 19.1. The highest BCUT2D eigenvalue weighted by Crippen LogP contribution is 2.21. The predicted molar refractivity (Wildman–Crippen MR) is 74.0 cm³/mol. The molecule has 2 aromatic carbocycles. The first-order valence-corrected chi connectivity index (χ1v) is 6.05. The largest absolute Gasteiger partial charge is 0.366 e. The number of primary amides is 1. The molecule has 21 heavy (non-hydrogen) atoms. The van der Waals surface area contributed by atoms with E-state index in [0.717, 1.165) is 12.1 Å². The van der Waals surface area contributed by atoms with Gasteiger partial charge >= 0.3 is 0 Å². The highest BCUT2D eigenvalue weighted by Gasteiger charge is 2.14. The van der Waals surface area contributed by atoms with Gasteiger partial charge in [0.05, 0.1) is 0 Å². The predicted octanol–water partition coefficient (Wildman–Crippen LogP) is 2.62. The van der Waals surface area contributed by atoms with Crippen molar-refractivity contribution in [2.75, 3.05) is 5.32 Å². The lowest BCUT2D eigenvalue weighted by Crippen LogP contribution is -2.16. The molecule has 2 amide bonds. The molecule has 0 radical (unpaired) electrons. The molecule has 0 fully saturated rings. The lowest BCUT2D eigenvalue weighted by Gasteiger charge is -2.11. The van der Waals surface area contributed by atoms with Gasteiger partial charge in [-0.15, -0.1) is 0 Å². The summed E-state index contributed by atoms with van der Waals surface area (Å²) in [4.78, 5) is 23.1. The van der Waals surface area contributed by atoms with Gasteiger partial charge < -0.3 is 11.1 Å². The minimum absolute atomic E-state index is 0.0624. The Kier molecular flexibility index (Phi) is 3.98. The molecule has 0 bridgehead atoms. The third-order valence-electron chi connectivity index (χ3n) is 2.96. The van der Waals surface area contributed by atoms with Crippen molar-refractivity contribution in [3.05, 3.63) is 64.7 Å². The van der Waals surface area contributed by atoms with Crippen LogP contribution in [0.1, 0.15) is 26.3 Å². The summed E-state index contributed by atoms with van der Waals surface area (Å²) in [5.74, 6) is -2.65. The second-order valence-corrected chi connectivity index (χ2v) is 4.46.